The van der Waals surface area contributed by atoms with Gasteiger partial charge in [0.2, 0.25) is 0 Å². The minimum Gasteiger partial charge on any atom is -0.362 e. The van der Waals surface area contributed by atoms with Crippen LogP contribution in [0.25, 0.3) is 0 Å². The molecule has 0 saturated heterocycles. The minimum atomic E-state index is 0.252. The van der Waals surface area contributed by atoms with E-state index in [-0.39, 0.29) is 21.7 Å². The van der Waals surface area contributed by atoms with Gasteiger partial charge in [-0.05, 0) is 142 Å². The van der Waals surface area contributed by atoms with Crippen molar-refractivity contribution in [2.45, 2.75) is 142 Å². The van der Waals surface area contributed by atoms with Crippen LogP contribution in [0.3, 0.4) is 0 Å². The van der Waals surface area contributed by atoms with Gasteiger partial charge in [-0.25, -0.2) is 0 Å². The lowest BCUT2D eigenvalue weighted by atomic mass is 9.49. The summed E-state index contributed by atoms with van der Waals surface area (Å²) in [5.41, 5.74) is 10.5. The summed E-state index contributed by atoms with van der Waals surface area (Å²) in [4.78, 5) is 0. The molecule has 6 atom stereocenters. The zero-order chi connectivity index (χ0) is 31.5. The van der Waals surface area contributed by atoms with Crippen molar-refractivity contribution in [3.05, 3.63) is 69.8 Å². The Balaban J connectivity index is 1.11. The fraction of sp³-hybridized carbons (Fsp3) is 0.683. The molecule has 0 unspecified atom stereocenters. The Morgan fingerprint density at radius 2 is 1.09 bits per heavy atom. The molecule has 0 spiro atoms. The third kappa shape index (κ3) is 5.46. The second-order valence-corrected chi connectivity index (χ2v) is 17.6. The Hall–Kier alpha value is -1.87. The lowest BCUT2D eigenvalue weighted by molar-refractivity contribution is 0.0268. The molecule has 240 valence electrons. The molecule has 2 saturated carbocycles. The summed E-state index contributed by atoms with van der Waals surface area (Å²) in [6.45, 7) is 21.5. The number of hydrogen-bond acceptors (Lipinski definition) is 1. The first-order valence-corrected chi connectivity index (χ1v) is 18.5. The second kappa shape index (κ2) is 11.7. The van der Waals surface area contributed by atoms with Gasteiger partial charge in [-0.15, -0.1) is 0 Å². The number of nitrogens with one attached hydrogen (secondary N) is 2. The lowest BCUT2D eigenvalue weighted by Crippen LogP contribution is -2.56. The molecule has 0 radical (unpaired) electrons. The maximum Gasteiger partial charge on any atom is 0.166 e. The molecule has 0 aromatic heterocycles. The average molecular weight is 613 g/mol. The molecule has 2 nitrogen and oxygen atoms in total. The van der Waals surface area contributed by atoms with Crippen molar-refractivity contribution >= 4 is 17.3 Å². The Labute approximate surface area is 275 Å². The maximum atomic E-state index is 6.02. The van der Waals surface area contributed by atoms with Crippen molar-refractivity contribution in [3.63, 3.8) is 0 Å². The van der Waals surface area contributed by atoms with E-state index in [0.717, 1.165) is 18.2 Å². The van der Waals surface area contributed by atoms with Crippen molar-refractivity contribution in [2.75, 3.05) is 13.1 Å². The quantitative estimate of drug-likeness (QED) is 0.318. The smallest absolute Gasteiger partial charge is 0.166 e. The summed E-state index contributed by atoms with van der Waals surface area (Å²) in [7, 11) is 0. The Morgan fingerprint density at radius 3 is 1.48 bits per heavy atom. The third-order valence-corrected chi connectivity index (χ3v) is 13.9. The molecule has 6 rings (SSSR count). The number of benzene rings is 2. The van der Waals surface area contributed by atoms with E-state index in [1.807, 2.05) is 0 Å². The zero-order valence-corrected chi connectivity index (χ0v) is 30.0. The highest BCUT2D eigenvalue weighted by Gasteiger charge is 2.53. The van der Waals surface area contributed by atoms with Gasteiger partial charge in [-0.1, -0.05) is 105 Å². The number of hydrogen-bond donors (Lipinski definition) is 2. The van der Waals surface area contributed by atoms with Crippen LogP contribution in [-0.2, 0) is 23.7 Å². The summed E-state index contributed by atoms with van der Waals surface area (Å²) in [6, 6.07) is 14.8. The lowest BCUT2D eigenvalue weighted by Gasteiger charge is -2.56. The van der Waals surface area contributed by atoms with E-state index in [1.54, 1.807) is 22.3 Å². The van der Waals surface area contributed by atoms with Crippen LogP contribution in [-0.4, -0.2) is 18.2 Å². The fourth-order valence-corrected chi connectivity index (χ4v) is 11.2. The number of rotatable bonds is 6. The highest BCUT2D eigenvalue weighted by atomic mass is 32.1. The van der Waals surface area contributed by atoms with Gasteiger partial charge in [0.15, 0.2) is 5.11 Å². The van der Waals surface area contributed by atoms with Crippen molar-refractivity contribution in [1.82, 2.24) is 10.6 Å². The van der Waals surface area contributed by atoms with E-state index in [0.29, 0.717) is 23.7 Å². The molecule has 2 N–H and O–H groups in total. The molecule has 4 aliphatic carbocycles. The van der Waals surface area contributed by atoms with Crippen LogP contribution in [0.5, 0.6) is 0 Å². The zero-order valence-electron chi connectivity index (χ0n) is 29.2. The van der Waals surface area contributed by atoms with Crippen LogP contribution in [0.15, 0.2) is 36.4 Å². The molecular formula is C41H60N2S. The summed E-state index contributed by atoms with van der Waals surface area (Å²) >= 11 is 6.02. The predicted octanol–water partition coefficient (Wildman–Crippen LogP) is 10.1. The van der Waals surface area contributed by atoms with Gasteiger partial charge in [0.1, 0.15) is 0 Å². The van der Waals surface area contributed by atoms with Crippen LogP contribution >= 0.6 is 12.2 Å². The van der Waals surface area contributed by atoms with E-state index >= 15 is 0 Å². The van der Waals surface area contributed by atoms with Crippen LogP contribution < -0.4 is 10.6 Å². The van der Waals surface area contributed by atoms with E-state index < -0.39 is 0 Å². The van der Waals surface area contributed by atoms with E-state index in [4.69, 9.17) is 12.2 Å². The van der Waals surface area contributed by atoms with Crippen molar-refractivity contribution < 1.29 is 0 Å². The first-order valence-electron chi connectivity index (χ1n) is 18.1. The van der Waals surface area contributed by atoms with Gasteiger partial charge in [0.05, 0.1) is 0 Å². The molecule has 0 aliphatic heterocycles. The van der Waals surface area contributed by atoms with Crippen molar-refractivity contribution in [3.8, 4) is 0 Å². The molecule has 3 heteroatoms. The molecule has 0 bridgehead atoms. The average Bonchev–Trinajstić information content (AvgIpc) is 2.98. The summed E-state index contributed by atoms with van der Waals surface area (Å²) < 4.78 is 0. The number of thiocarbonyl (C=S) groups is 1. The predicted molar refractivity (Wildman–Crippen MR) is 192 cm³/mol. The highest BCUT2D eigenvalue weighted by Crippen LogP contribution is 2.58. The molecule has 2 aromatic rings. The standard InChI is InChI=1S/C41H60N2S/c1-27(2)29-11-15-33-31(23-29)13-17-35-38(5,19-9-21-40(33,35)7)25-42-37(44)43-26-39(6)20-10-22-41(8)34-16-12-30(28(3)4)24-32(34)14-18-36(39)41/h11-12,15-16,23-24,27-28,35-36H,9-10,13-14,17-22,25-26H2,1-8H3,(H2,42,43,44)/t35-,36-,38-,39-,40+,41+/m0/s1. The van der Waals surface area contributed by atoms with E-state index in [9.17, 15) is 0 Å². The number of aryl methyl sites for hydroxylation is 2. The molecule has 2 fully saturated rings. The van der Waals surface area contributed by atoms with Crippen LogP contribution in [0.1, 0.15) is 152 Å². The van der Waals surface area contributed by atoms with Gasteiger partial charge in [-0.3, -0.25) is 0 Å². The van der Waals surface area contributed by atoms with Gasteiger partial charge in [0.25, 0.3) is 0 Å². The van der Waals surface area contributed by atoms with Crippen LogP contribution in [0.2, 0.25) is 0 Å². The maximum absolute atomic E-state index is 6.02. The molecule has 2 aromatic carbocycles. The van der Waals surface area contributed by atoms with E-state index in [1.165, 1.54) is 75.3 Å². The number of fused-ring (bicyclic) bond motifs is 6. The fourth-order valence-electron chi connectivity index (χ4n) is 11.1. The molecule has 0 amide bonds. The van der Waals surface area contributed by atoms with Gasteiger partial charge in [-0.2, -0.15) is 0 Å². The van der Waals surface area contributed by atoms with Gasteiger partial charge >= 0.3 is 0 Å². The molecule has 44 heavy (non-hydrogen) atoms. The molecule has 4 aliphatic rings. The first kappa shape index (κ1) is 32.1. The largest absolute Gasteiger partial charge is 0.362 e. The monoisotopic (exact) mass is 612 g/mol. The van der Waals surface area contributed by atoms with Crippen molar-refractivity contribution in [2.24, 2.45) is 22.7 Å². The van der Waals surface area contributed by atoms with Crippen LogP contribution in [0, 0.1) is 22.7 Å². The van der Waals surface area contributed by atoms with Gasteiger partial charge in [0, 0.05) is 13.1 Å². The van der Waals surface area contributed by atoms with Crippen LogP contribution in [0.4, 0.5) is 0 Å². The SMILES string of the molecule is CC(C)c1ccc2c(c1)CC[C@H]1[C@](C)(CNC(=S)NC[C@]3(C)CCC[C@]4(C)c5ccc(C(C)C)cc5CC[C@@H]34)CCC[C@]21C. The second-order valence-electron chi connectivity index (χ2n) is 17.2. The highest BCUT2D eigenvalue weighted by molar-refractivity contribution is 7.80. The topological polar surface area (TPSA) is 24.1 Å². The van der Waals surface area contributed by atoms with E-state index in [2.05, 4.69) is 102 Å². The molecule has 0 heterocycles. The Kier molecular flexibility index (Phi) is 8.56. The molecular weight excluding hydrogens is 553 g/mol. The normalized spacial score (nSPS) is 34.5. The Morgan fingerprint density at radius 1 is 0.682 bits per heavy atom. The summed E-state index contributed by atoms with van der Waals surface area (Å²) in [5, 5.41) is 8.43. The minimum absolute atomic E-state index is 0.252. The third-order valence-electron chi connectivity index (χ3n) is 13.6. The van der Waals surface area contributed by atoms with Gasteiger partial charge < -0.3 is 10.6 Å². The summed E-state index contributed by atoms with van der Waals surface area (Å²) in [5.74, 6) is 2.56. The summed E-state index contributed by atoms with van der Waals surface area (Å²) in [6.07, 6.45) is 12.8. The van der Waals surface area contributed by atoms with Crippen molar-refractivity contribution in [1.29, 1.82) is 0 Å². The Bertz CT molecular complexity index is 1290. The first-order chi connectivity index (χ1) is 20.8.